The van der Waals surface area contributed by atoms with Crippen LogP contribution < -0.4 is 0 Å². The molecule has 0 unspecified atom stereocenters. The van der Waals surface area contributed by atoms with E-state index in [0.29, 0.717) is 30.1 Å². The van der Waals surface area contributed by atoms with Gasteiger partial charge in [0.05, 0.1) is 28.5 Å². The van der Waals surface area contributed by atoms with Gasteiger partial charge in [-0.15, -0.1) is 0 Å². The van der Waals surface area contributed by atoms with Gasteiger partial charge in [0, 0.05) is 23.8 Å². The lowest BCUT2D eigenvalue weighted by Gasteiger charge is -2.28. The lowest BCUT2D eigenvalue weighted by atomic mass is 9.77. The van der Waals surface area contributed by atoms with Crippen molar-refractivity contribution in [3.8, 4) is 0 Å². The topological polar surface area (TPSA) is 76.0 Å². The van der Waals surface area contributed by atoms with Crippen LogP contribution in [0, 0.1) is 17.7 Å². The number of pyridine rings is 1. The van der Waals surface area contributed by atoms with Crippen LogP contribution in [-0.2, 0) is 17.6 Å². The second kappa shape index (κ2) is 7.35. The Hall–Kier alpha value is -2.34. The third kappa shape index (κ3) is 3.58. The van der Waals surface area contributed by atoms with Gasteiger partial charge in [0.1, 0.15) is 0 Å². The van der Waals surface area contributed by atoms with Gasteiger partial charge in [-0.25, -0.2) is 14.4 Å². The Morgan fingerprint density at radius 2 is 2.07 bits per heavy atom. The number of allylic oxidation sites excluding steroid dienone is 1. The lowest BCUT2D eigenvalue weighted by molar-refractivity contribution is -0.144. The zero-order chi connectivity index (χ0) is 19.0. The first-order valence-electron chi connectivity index (χ1n) is 9.12. The van der Waals surface area contributed by atoms with Gasteiger partial charge in [0.2, 0.25) is 0 Å². The molecule has 0 radical (unpaired) electrons. The molecule has 2 aliphatic carbocycles. The molecule has 1 N–H and O–H groups in total. The molecular formula is C20H19ClFN3O2. The van der Waals surface area contributed by atoms with Crippen LogP contribution in [0.4, 0.5) is 4.39 Å². The lowest BCUT2D eigenvalue weighted by Crippen LogP contribution is -2.29. The Kier molecular flexibility index (Phi) is 4.91. The molecule has 0 spiro atoms. The molecule has 7 heteroatoms. The van der Waals surface area contributed by atoms with Gasteiger partial charge in [-0.2, -0.15) is 0 Å². The molecule has 0 amide bonds. The fourth-order valence-corrected chi connectivity index (χ4v) is 4.24. The van der Waals surface area contributed by atoms with E-state index >= 15 is 0 Å². The maximum absolute atomic E-state index is 14.4. The average Bonchev–Trinajstić information content (AvgIpc) is 3.07. The second-order valence-electron chi connectivity index (χ2n) is 7.15. The van der Waals surface area contributed by atoms with Crippen molar-refractivity contribution < 1.29 is 14.3 Å². The molecule has 2 aromatic rings. The predicted octanol–water partition coefficient (Wildman–Crippen LogP) is 4.09. The average molecular weight is 388 g/mol. The largest absolute Gasteiger partial charge is 0.481 e. The summed E-state index contributed by atoms with van der Waals surface area (Å²) in [6, 6.07) is 1.82. The van der Waals surface area contributed by atoms with Crippen LogP contribution >= 0.6 is 11.6 Å². The van der Waals surface area contributed by atoms with Crippen LogP contribution in [-0.4, -0.2) is 26.0 Å². The van der Waals surface area contributed by atoms with E-state index in [0.717, 1.165) is 36.1 Å². The first-order valence-corrected chi connectivity index (χ1v) is 9.50. The highest BCUT2D eigenvalue weighted by molar-refractivity contribution is 6.30. The Balaban J connectivity index is 1.63. The van der Waals surface area contributed by atoms with Crippen LogP contribution in [0.5, 0.6) is 0 Å². The van der Waals surface area contributed by atoms with Crippen LogP contribution in [0.3, 0.4) is 0 Å². The van der Waals surface area contributed by atoms with Crippen molar-refractivity contribution in [2.24, 2.45) is 11.8 Å². The molecule has 0 saturated heterocycles. The summed E-state index contributed by atoms with van der Waals surface area (Å²) in [5.74, 6) is -1.41. The number of nitrogens with zero attached hydrogens (tertiary/aromatic N) is 3. The summed E-state index contributed by atoms with van der Waals surface area (Å²) >= 11 is 6.06. The Morgan fingerprint density at radius 3 is 2.89 bits per heavy atom. The van der Waals surface area contributed by atoms with Crippen LogP contribution in [0.25, 0.3) is 5.57 Å². The molecule has 27 heavy (non-hydrogen) atoms. The summed E-state index contributed by atoms with van der Waals surface area (Å²) in [6.07, 6.45) is 9.00. The van der Waals surface area contributed by atoms with E-state index in [2.05, 4.69) is 15.0 Å². The summed E-state index contributed by atoms with van der Waals surface area (Å²) in [5.41, 5.74) is 2.82. The van der Waals surface area contributed by atoms with Gasteiger partial charge >= 0.3 is 5.97 Å². The second-order valence-corrected chi connectivity index (χ2v) is 7.59. The van der Waals surface area contributed by atoms with Crippen molar-refractivity contribution in [1.29, 1.82) is 0 Å². The van der Waals surface area contributed by atoms with Crippen molar-refractivity contribution in [3.05, 3.63) is 58.2 Å². The van der Waals surface area contributed by atoms with Gasteiger partial charge in [-0.3, -0.25) is 9.78 Å². The summed E-state index contributed by atoms with van der Waals surface area (Å²) in [6.45, 7) is 0. The van der Waals surface area contributed by atoms with E-state index in [1.54, 1.807) is 6.20 Å². The number of aliphatic carboxylic acids is 1. The maximum Gasteiger partial charge on any atom is 0.306 e. The molecule has 0 aromatic carbocycles. The van der Waals surface area contributed by atoms with Gasteiger partial charge in [-0.1, -0.05) is 30.5 Å². The van der Waals surface area contributed by atoms with Crippen LogP contribution in [0.15, 0.2) is 24.5 Å². The van der Waals surface area contributed by atoms with Crippen molar-refractivity contribution in [2.75, 3.05) is 0 Å². The number of carboxylic acids is 1. The van der Waals surface area contributed by atoms with Crippen molar-refractivity contribution in [1.82, 2.24) is 15.0 Å². The minimum absolute atomic E-state index is 0.102. The number of halogens is 2. The monoisotopic (exact) mass is 387 g/mol. The van der Waals surface area contributed by atoms with E-state index in [1.165, 1.54) is 6.20 Å². The van der Waals surface area contributed by atoms with Gasteiger partial charge in [0.25, 0.3) is 0 Å². The highest BCUT2D eigenvalue weighted by atomic mass is 35.5. The van der Waals surface area contributed by atoms with E-state index < -0.39 is 17.7 Å². The van der Waals surface area contributed by atoms with Crippen molar-refractivity contribution in [2.45, 2.75) is 38.5 Å². The molecule has 2 aliphatic rings. The highest BCUT2D eigenvalue weighted by Crippen LogP contribution is 2.34. The molecule has 1 saturated carbocycles. The minimum atomic E-state index is -0.803. The Labute approximate surface area is 161 Å². The smallest absolute Gasteiger partial charge is 0.306 e. The van der Waals surface area contributed by atoms with E-state index in [1.807, 2.05) is 12.1 Å². The molecule has 2 atom stereocenters. The highest BCUT2D eigenvalue weighted by Gasteiger charge is 2.32. The number of rotatable bonds is 4. The Bertz CT molecular complexity index is 931. The molecule has 0 aliphatic heterocycles. The predicted molar refractivity (Wildman–Crippen MR) is 98.8 cm³/mol. The maximum atomic E-state index is 14.4. The van der Waals surface area contributed by atoms with Gasteiger partial charge in [-0.05, 0) is 31.2 Å². The number of fused-ring (bicyclic) bond motifs is 1. The molecular weight excluding hydrogens is 369 g/mol. The number of carboxylic acid groups (broad SMARTS) is 1. The number of carbonyl (C=O) groups is 1. The molecule has 4 rings (SSSR count). The van der Waals surface area contributed by atoms with E-state index in [-0.39, 0.29) is 11.6 Å². The number of hydrogen-bond acceptors (Lipinski definition) is 4. The van der Waals surface area contributed by atoms with Gasteiger partial charge in [0.15, 0.2) is 11.6 Å². The van der Waals surface area contributed by atoms with Crippen molar-refractivity contribution in [3.63, 3.8) is 0 Å². The molecule has 1 fully saturated rings. The van der Waals surface area contributed by atoms with Crippen LogP contribution in [0.1, 0.15) is 48.5 Å². The third-order valence-electron chi connectivity index (χ3n) is 5.47. The summed E-state index contributed by atoms with van der Waals surface area (Å²) in [5, 5.41) is 9.99. The molecule has 140 valence electrons. The standard InChI is InChI=1S/C20H19ClFN3O2/c21-12-8-15-14(5-6-17(15)23-9-12)19-24-10-16(22)18(25-19)7-11-3-1-2-4-13(11)20(26)27/h5,8-11,13H,1-4,6-7H2,(H,26,27)/t11-,13+/m1/s1. The normalized spacial score (nSPS) is 21.6. The van der Waals surface area contributed by atoms with Gasteiger partial charge < -0.3 is 5.11 Å². The fourth-order valence-electron chi connectivity index (χ4n) is 4.08. The molecule has 5 nitrogen and oxygen atoms in total. The van der Waals surface area contributed by atoms with E-state index in [9.17, 15) is 14.3 Å². The quantitative estimate of drug-likeness (QED) is 0.855. The summed E-state index contributed by atoms with van der Waals surface area (Å²) < 4.78 is 14.4. The number of hydrogen-bond donors (Lipinski definition) is 1. The number of aromatic nitrogens is 3. The summed E-state index contributed by atoms with van der Waals surface area (Å²) in [7, 11) is 0. The molecule has 2 aromatic heterocycles. The minimum Gasteiger partial charge on any atom is -0.481 e. The van der Waals surface area contributed by atoms with Crippen LogP contribution in [0.2, 0.25) is 5.02 Å². The Morgan fingerprint density at radius 1 is 1.26 bits per heavy atom. The van der Waals surface area contributed by atoms with E-state index in [4.69, 9.17) is 11.6 Å². The first-order chi connectivity index (χ1) is 13.0. The fraction of sp³-hybridized carbons (Fsp3) is 0.400. The summed E-state index contributed by atoms with van der Waals surface area (Å²) in [4.78, 5) is 24.5. The third-order valence-corrected chi connectivity index (χ3v) is 5.67. The molecule has 2 heterocycles. The SMILES string of the molecule is O=C(O)[C@H]1CCCC[C@@H]1Cc1nc(C2=CCc3ncc(Cl)cc32)ncc1F. The van der Waals surface area contributed by atoms with Crippen molar-refractivity contribution >= 4 is 23.1 Å². The zero-order valence-electron chi connectivity index (χ0n) is 14.7. The zero-order valence-corrected chi connectivity index (χ0v) is 15.4. The first kappa shape index (κ1) is 18.0. The molecule has 0 bridgehead atoms.